The predicted octanol–water partition coefficient (Wildman–Crippen LogP) is -0.0377. The van der Waals surface area contributed by atoms with E-state index in [-0.39, 0.29) is 17.9 Å². The average molecular weight is 261 g/mol. The van der Waals surface area contributed by atoms with E-state index in [1.807, 2.05) is 0 Å². The quantitative estimate of drug-likeness (QED) is 0.706. The fourth-order valence-electron chi connectivity index (χ4n) is 2.89. The van der Waals surface area contributed by atoms with Gasteiger partial charge in [-0.1, -0.05) is 0 Å². The molecule has 2 fully saturated rings. The normalized spacial score (nSPS) is 36.6. The number of carbonyl (C=O) groups is 1. The van der Waals surface area contributed by atoms with Crippen LogP contribution in [0.1, 0.15) is 19.3 Å². The average Bonchev–Trinajstić information content (AvgIpc) is 2.69. The summed E-state index contributed by atoms with van der Waals surface area (Å²) in [6.07, 6.45) is 2.40. The summed E-state index contributed by atoms with van der Waals surface area (Å²) in [5, 5.41) is 3.12. The van der Waals surface area contributed by atoms with Crippen LogP contribution in [0.3, 0.4) is 0 Å². The Morgan fingerprint density at radius 3 is 2.65 bits per heavy atom. The van der Waals surface area contributed by atoms with Crippen LogP contribution < -0.4 is 5.32 Å². The Bertz CT molecular complexity index is 392. The number of esters is 1. The third-order valence-corrected chi connectivity index (χ3v) is 5.66. The molecule has 0 bridgehead atoms. The molecule has 3 unspecified atom stereocenters. The van der Waals surface area contributed by atoms with Crippen LogP contribution in [0, 0.1) is 11.8 Å². The Labute approximate surface area is 102 Å². The van der Waals surface area contributed by atoms with E-state index < -0.39 is 9.84 Å². The summed E-state index contributed by atoms with van der Waals surface area (Å²) >= 11 is 0. The first kappa shape index (κ1) is 12.8. The lowest BCUT2D eigenvalue weighted by Gasteiger charge is -2.31. The van der Waals surface area contributed by atoms with Crippen LogP contribution >= 0.6 is 0 Å². The van der Waals surface area contributed by atoms with E-state index in [1.165, 1.54) is 7.11 Å². The fourth-order valence-corrected chi connectivity index (χ4v) is 4.81. The predicted molar refractivity (Wildman–Crippen MR) is 63.3 cm³/mol. The highest BCUT2D eigenvalue weighted by atomic mass is 32.2. The molecule has 6 heteroatoms. The number of rotatable bonds is 2. The maximum atomic E-state index is 11.5. The summed E-state index contributed by atoms with van der Waals surface area (Å²) in [5.41, 5.74) is 0. The molecule has 3 atom stereocenters. The van der Waals surface area contributed by atoms with Gasteiger partial charge in [-0.3, -0.25) is 4.79 Å². The van der Waals surface area contributed by atoms with Gasteiger partial charge in [-0.15, -0.1) is 0 Å². The topological polar surface area (TPSA) is 72.5 Å². The number of nitrogens with one attached hydrogen (secondary N) is 1. The third-order valence-electron chi connectivity index (χ3n) is 3.86. The fraction of sp³-hybridized carbons (Fsp3) is 0.909. The molecule has 2 aliphatic heterocycles. The number of ether oxygens (including phenoxy) is 1. The molecule has 2 aliphatic rings. The lowest BCUT2D eigenvalue weighted by molar-refractivity contribution is -0.144. The SMILES string of the molecule is COC(=O)C1CC(C2CCS(=O)(=O)C2)CCN1. The van der Waals surface area contributed by atoms with Crippen molar-refractivity contribution in [3.8, 4) is 0 Å². The van der Waals surface area contributed by atoms with Crippen LogP contribution in [-0.4, -0.2) is 45.6 Å². The molecule has 0 amide bonds. The van der Waals surface area contributed by atoms with Crippen LogP contribution in [0.15, 0.2) is 0 Å². The molecule has 0 aromatic carbocycles. The number of hydrogen-bond donors (Lipinski definition) is 1. The molecule has 2 heterocycles. The van der Waals surface area contributed by atoms with Crippen molar-refractivity contribution in [2.24, 2.45) is 11.8 Å². The van der Waals surface area contributed by atoms with E-state index in [0.29, 0.717) is 23.8 Å². The van der Waals surface area contributed by atoms with Crippen LogP contribution in [0.25, 0.3) is 0 Å². The van der Waals surface area contributed by atoms with Crippen molar-refractivity contribution in [2.75, 3.05) is 25.2 Å². The minimum Gasteiger partial charge on any atom is -0.468 e. The molecule has 17 heavy (non-hydrogen) atoms. The Kier molecular flexibility index (Phi) is 3.73. The number of sulfone groups is 1. The van der Waals surface area contributed by atoms with Gasteiger partial charge in [0.05, 0.1) is 18.6 Å². The van der Waals surface area contributed by atoms with Gasteiger partial charge in [-0.2, -0.15) is 0 Å². The van der Waals surface area contributed by atoms with E-state index in [1.54, 1.807) is 0 Å². The van der Waals surface area contributed by atoms with Crippen molar-refractivity contribution in [1.82, 2.24) is 5.32 Å². The van der Waals surface area contributed by atoms with Gasteiger partial charge in [0.1, 0.15) is 6.04 Å². The van der Waals surface area contributed by atoms with Gasteiger partial charge in [0.15, 0.2) is 9.84 Å². The second kappa shape index (κ2) is 4.94. The van der Waals surface area contributed by atoms with Gasteiger partial charge in [0.2, 0.25) is 0 Å². The van der Waals surface area contributed by atoms with Crippen molar-refractivity contribution in [1.29, 1.82) is 0 Å². The zero-order valence-corrected chi connectivity index (χ0v) is 10.8. The lowest BCUT2D eigenvalue weighted by atomic mass is 9.81. The minimum absolute atomic E-state index is 0.231. The first-order valence-electron chi connectivity index (χ1n) is 6.03. The van der Waals surface area contributed by atoms with E-state index in [9.17, 15) is 13.2 Å². The summed E-state index contributed by atoms with van der Waals surface area (Å²) in [4.78, 5) is 11.5. The van der Waals surface area contributed by atoms with E-state index >= 15 is 0 Å². The molecule has 0 radical (unpaired) electrons. The summed E-state index contributed by atoms with van der Waals surface area (Å²) in [6.45, 7) is 0.765. The molecule has 5 nitrogen and oxygen atoms in total. The standard InChI is InChI=1S/C11H19NO4S/c1-16-11(13)10-6-8(2-4-12-10)9-3-5-17(14,15)7-9/h8-10,12H,2-7H2,1H3. The highest BCUT2D eigenvalue weighted by molar-refractivity contribution is 7.91. The van der Waals surface area contributed by atoms with E-state index in [2.05, 4.69) is 5.32 Å². The summed E-state index contributed by atoms with van der Waals surface area (Å²) < 4.78 is 27.6. The molecule has 0 spiro atoms. The Morgan fingerprint density at radius 2 is 2.06 bits per heavy atom. The molecule has 0 aromatic rings. The maximum Gasteiger partial charge on any atom is 0.322 e. The smallest absolute Gasteiger partial charge is 0.322 e. The third kappa shape index (κ3) is 2.98. The summed E-state index contributed by atoms with van der Waals surface area (Å²) in [7, 11) is -1.44. The number of hydrogen-bond acceptors (Lipinski definition) is 5. The highest BCUT2D eigenvalue weighted by Gasteiger charge is 2.37. The molecule has 0 aromatic heterocycles. The zero-order chi connectivity index (χ0) is 12.5. The Morgan fingerprint density at radius 1 is 1.29 bits per heavy atom. The molecular formula is C11H19NO4S. The molecule has 98 valence electrons. The molecule has 2 saturated heterocycles. The van der Waals surface area contributed by atoms with Crippen LogP contribution in [-0.2, 0) is 19.4 Å². The van der Waals surface area contributed by atoms with Crippen molar-refractivity contribution in [3.05, 3.63) is 0 Å². The minimum atomic E-state index is -2.82. The van der Waals surface area contributed by atoms with E-state index in [4.69, 9.17) is 4.74 Å². The first-order chi connectivity index (χ1) is 8.02. The molecule has 0 aliphatic carbocycles. The van der Waals surface area contributed by atoms with Gasteiger partial charge < -0.3 is 10.1 Å². The monoisotopic (exact) mass is 261 g/mol. The van der Waals surface area contributed by atoms with Crippen LogP contribution in [0.2, 0.25) is 0 Å². The summed E-state index contributed by atoms with van der Waals surface area (Å²) in [5.74, 6) is 0.929. The molecular weight excluding hydrogens is 242 g/mol. The van der Waals surface area contributed by atoms with Gasteiger partial charge in [-0.05, 0) is 37.6 Å². The highest BCUT2D eigenvalue weighted by Crippen LogP contribution is 2.32. The Hall–Kier alpha value is -0.620. The summed E-state index contributed by atoms with van der Waals surface area (Å²) in [6, 6.07) is -0.262. The first-order valence-corrected chi connectivity index (χ1v) is 7.85. The van der Waals surface area contributed by atoms with Gasteiger partial charge in [-0.25, -0.2) is 8.42 Å². The molecule has 2 rings (SSSR count). The lowest BCUT2D eigenvalue weighted by Crippen LogP contribution is -2.45. The molecule has 0 saturated carbocycles. The molecule has 1 N–H and O–H groups in total. The second-order valence-corrected chi connectivity index (χ2v) is 7.21. The second-order valence-electron chi connectivity index (χ2n) is 4.98. The van der Waals surface area contributed by atoms with Crippen LogP contribution in [0.5, 0.6) is 0 Å². The number of piperidine rings is 1. The van der Waals surface area contributed by atoms with Crippen LogP contribution in [0.4, 0.5) is 0 Å². The van der Waals surface area contributed by atoms with Crippen molar-refractivity contribution >= 4 is 15.8 Å². The Balaban J connectivity index is 1.96. The van der Waals surface area contributed by atoms with Gasteiger partial charge >= 0.3 is 5.97 Å². The van der Waals surface area contributed by atoms with Crippen molar-refractivity contribution in [2.45, 2.75) is 25.3 Å². The van der Waals surface area contributed by atoms with Gasteiger partial charge in [0.25, 0.3) is 0 Å². The van der Waals surface area contributed by atoms with Crippen molar-refractivity contribution < 1.29 is 17.9 Å². The number of methoxy groups -OCH3 is 1. The largest absolute Gasteiger partial charge is 0.468 e. The van der Waals surface area contributed by atoms with E-state index in [0.717, 1.165) is 19.4 Å². The van der Waals surface area contributed by atoms with Gasteiger partial charge in [0, 0.05) is 0 Å². The zero-order valence-electron chi connectivity index (χ0n) is 10.0. The van der Waals surface area contributed by atoms with Crippen molar-refractivity contribution in [3.63, 3.8) is 0 Å². The maximum absolute atomic E-state index is 11.5. The number of carbonyl (C=O) groups excluding carboxylic acids is 1.